The summed E-state index contributed by atoms with van der Waals surface area (Å²) in [6.45, 7) is 6.10. The lowest BCUT2D eigenvalue weighted by Gasteiger charge is -2.73. The Hall–Kier alpha value is -2.08. The van der Waals surface area contributed by atoms with Crippen molar-refractivity contribution in [1.29, 1.82) is 0 Å². The van der Waals surface area contributed by atoms with E-state index in [1.54, 1.807) is 0 Å². The van der Waals surface area contributed by atoms with Crippen molar-refractivity contribution in [3.8, 4) is 11.5 Å². The largest absolute Gasteiger partial charge is 0.504 e. The molecule has 4 aliphatic carbocycles. The van der Waals surface area contributed by atoms with Gasteiger partial charge in [0.25, 0.3) is 0 Å². The molecule has 5 heteroatoms. The Morgan fingerprint density at radius 2 is 1.92 bits per heavy atom. The summed E-state index contributed by atoms with van der Waals surface area (Å²) in [5, 5.41) is 11.1. The molecule has 4 fully saturated rings. The van der Waals surface area contributed by atoms with Gasteiger partial charge in [0.05, 0.1) is 13.2 Å². The first-order chi connectivity index (χ1) is 18.5. The minimum Gasteiger partial charge on any atom is -0.504 e. The summed E-state index contributed by atoms with van der Waals surface area (Å²) in [4.78, 5) is 2.88. The van der Waals surface area contributed by atoms with E-state index in [9.17, 15) is 5.11 Å². The monoisotopic (exact) mass is 515 g/mol. The molecule has 1 saturated heterocycles. The molecule has 0 radical (unpaired) electrons. The van der Waals surface area contributed by atoms with Gasteiger partial charge in [-0.25, -0.2) is 0 Å². The van der Waals surface area contributed by atoms with E-state index in [0.29, 0.717) is 30.9 Å². The van der Waals surface area contributed by atoms with Gasteiger partial charge in [-0.2, -0.15) is 0 Å². The molecule has 202 valence electrons. The van der Waals surface area contributed by atoms with Crippen LogP contribution in [-0.2, 0) is 27.9 Å². The molecule has 3 saturated carbocycles. The fourth-order valence-corrected chi connectivity index (χ4v) is 10.2. The molecule has 7 atom stereocenters. The highest BCUT2D eigenvalue weighted by atomic mass is 16.5. The van der Waals surface area contributed by atoms with Crippen LogP contribution in [0.1, 0.15) is 62.1 Å². The Bertz CT molecular complexity index is 1250. The molecule has 8 rings (SSSR count). The van der Waals surface area contributed by atoms with Gasteiger partial charge >= 0.3 is 0 Å². The normalized spacial score (nSPS) is 40.5. The second-order valence-corrected chi connectivity index (χ2v) is 13.5. The number of nitrogens with zero attached hydrogens (tertiary/aromatic N) is 1. The van der Waals surface area contributed by atoms with Crippen molar-refractivity contribution in [3.05, 3.63) is 59.2 Å². The molecule has 2 spiro atoms. The number of benzene rings is 2. The highest BCUT2D eigenvalue weighted by Gasteiger charge is 2.78. The SMILES string of the molecule is COC1[C@@H]2Oc3c(O)ccc4c3[C@@]23CCN(CC2CC2)[C@H](C4)[C@]32CCC(C)[C@@]1(COCc1ccccc1)C2. The van der Waals surface area contributed by atoms with Crippen molar-refractivity contribution in [1.82, 2.24) is 4.90 Å². The summed E-state index contributed by atoms with van der Waals surface area (Å²) < 4.78 is 20.1. The second-order valence-electron chi connectivity index (χ2n) is 13.5. The maximum absolute atomic E-state index is 11.1. The zero-order valence-corrected chi connectivity index (χ0v) is 22.8. The molecule has 4 bridgehead atoms. The molecule has 0 amide bonds. The van der Waals surface area contributed by atoms with E-state index in [4.69, 9.17) is 14.2 Å². The van der Waals surface area contributed by atoms with Crippen molar-refractivity contribution in [2.75, 3.05) is 26.8 Å². The quantitative estimate of drug-likeness (QED) is 0.530. The van der Waals surface area contributed by atoms with Gasteiger partial charge in [-0.3, -0.25) is 4.90 Å². The minimum absolute atomic E-state index is 0.0740. The molecule has 2 aromatic rings. The van der Waals surface area contributed by atoms with E-state index in [2.05, 4.69) is 48.2 Å². The predicted octanol–water partition coefficient (Wildman–Crippen LogP) is 5.47. The van der Waals surface area contributed by atoms with E-state index < -0.39 is 0 Å². The Morgan fingerprint density at radius 3 is 2.71 bits per heavy atom. The molecule has 6 aliphatic rings. The molecule has 2 aromatic carbocycles. The number of rotatable bonds is 7. The molecule has 0 aromatic heterocycles. The number of fused-ring (bicyclic) bond motifs is 1. The van der Waals surface area contributed by atoms with Crippen molar-refractivity contribution >= 4 is 0 Å². The third-order valence-electron chi connectivity index (χ3n) is 12.0. The van der Waals surface area contributed by atoms with Crippen LogP contribution in [0.4, 0.5) is 0 Å². The first-order valence-corrected chi connectivity index (χ1v) is 14.9. The van der Waals surface area contributed by atoms with Gasteiger partial charge in [-0.15, -0.1) is 0 Å². The number of phenols is 1. The van der Waals surface area contributed by atoms with E-state index >= 15 is 0 Å². The maximum atomic E-state index is 11.1. The summed E-state index contributed by atoms with van der Waals surface area (Å²) >= 11 is 0. The molecule has 5 nitrogen and oxygen atoms in total. The van der Waals surface area contributed by atoms with Crippen LogP contribution in [0.15, 0.2) is 42.5 Å². The number of likely N-dealkylation sites (tertiary alicyclic amines) is 1. The molecule has 1 N–H and O–H groups in total. The molecular weight excluding hydrogens is 474 g/mol. The Labute approximate surface area is 226 Å². The third-order valence-corrected chi connectivity index (χ3v) is 12.0. The topological polar surface area (TPSA) is 51.2 Å². The van der Waals surface area contributed by atoms with Gasteiger partial charge in [0.1, 0.15) is 12.2 Å². The standard InChI is InChI=1S/C33H41NO4/c1-21-12-13-32-19-31(21,20-37-18-23-6-4-3-5-7-23)29(36-2)30-33(32)14-15-34(17-22-8-9-22)26(32)16-24-10-11-25(35)28(38-30)27(24)33/h3-7,10-11,21-22,26,29-30,35H,8-9,12-20H2,1-2H3/t21?,26-,29?,30+,31+,32-,33+/m1/s1. The van der Waals surface area contributed by atoms with Crippen LogP contribution in [0.3, 0.4) is 0 Å². The average Bonchev–Trinajstić information content (AvgIpc) is 3.67. The number of methoxy groups -OCH3 is 1. The van der Waals surface area contributed by atoms with Crippen LogP contribution >= 0.6 is 0 Å². The van der Waals surface area contributed by atoms with Gasteiger partial charge < -0.3 is 19.3 Å². The lowest BCUT2D eigenvalue weighted by Crippen LogP contribution is -2.79. The van der Waals surface area contributed by atoms with Crippen LogP contribution in [-0.4, -0.2) is 55.1 Å². The zero-order valence-electron chi connectivity index (χ0n) is 22.8. The highest BCUT2D eigenvalue weighted by Crippen LogP contribution is 2.76. The Kier molecular flexibility index (Phi) is 5.14. The Balaban J connectivity index is 1.26. The van der Waals surface area contributed by atoms with Crippen molar-refractivity contribution < 1.29 is 19.3 Å². The second kappa shape index (κ2) is 8.22. The van der Waals surface area contributed by atoms with Crippen LogP contribution in [0.5, 0.6) is 11.5 Å². The van der Waals surface area contributed by atoms with E-state index in [0.717, 1.165) is 37.5 Å². The summed E-state index contributed by atoms with van der Waals surface area (Å²) in [7, 11) is 1.88. The first kappa shape index (κ1) is 23.8. The van der Waals surface area contributed by atoms with Crippen molar-refractivity contribution in [2.45, 2.75) is 82.1 Å². The number of hydrogen-bond donors (Lipinski definition) is 1. The van der Waals surface area contributed by atoms with Gasteiger partial charge in [-0.05, 0) is 80.5 Å². The van der Waals surface area contributed by atoms with Crippen LogP contribution in [0.25, 0.3) is 0 Å². The summed E-state index contributed by atoms with van der Waals surface area (Å²) in [6.07, 6.45) is 8.33. The first-order valence-electron chi connectivity index (χ1n) is 14.9. The molecule has 2 heterocycles. The fourth-order valence-electron chi connectivity index (χ4n) is 10.2. The lowest BCUT2D eigenvalue weighted by atomic mass is 9.35. The van der Waals surface area contributed by atoms with Gasteiger partial charge in [-0.1, -0.05) is 43.3 Å². The minimum atomic E-state index is -0.119. The molecule has 2 aliphatic heterocycles. The van der Waals surface area contributed by atoms with E-state index in [1.165, 1.54) is 48.9 Å². The lowest BCUT2D eigenvalue weighted by molar-refractivity contribution is -0.266. The zero-order chi connectivity index (χ0) is 25.7. The molecular formula is C33H41NO4. The van der Waals surface area contributed by atoms with Crippen LogP contribution < -0.4 is 4.74 Å². The summed E-state index contributed by atoms with van der Waals surface area (Å²) in [5.41, 5.74) is 3.86. The molecule has 38 heavy (non-hydrogen) atoms. The van der Waals surface area contributed by atoms with Gasteiger partial charge in [0, 0.05) is 41.5 Å². The van der Waals surface area contributed by atoms with Gasteiger partial charge in [0.15, 0.2) is 11.5 Å². The number of ether oxygens (including phenoxy) is 3. The van der Waals surface area contributed by atoms with E-state index in [1.807, 2.05) is 13.2 Å². The van der Waals surface area contributed by atoms with Crippen molar-refractivity contribution in [3.63, 3.8) is 0 Å². The number of hydrogen-bond acceptors (Lipinski definition) is 5. The van der Waals surface area contributed by atoms with Gasteiger partial charge in [0.2, 0.25) is 0 Å². The predicted molar refractivity (Wildman–Crippen MR) is 145 cm³/mol. The number of piperidine rings is 1. The fraction of sp³-hybridized carbons (Fsp3) is 0.636. The number of aromatic hydroxyl groups is 1. The van der Waals surface area contributed by atoms with Crippen LogP contribution in [0.2, 0.25) is 0 Å². The third kappa shape index (κ3) is 2.93. The molecule has 2 unspecified atom stereocenters. The number of phenolic OH excluding ortho intramolecular Hbond substituents is 1. The van der Waals surface area contributed by atoms with E-state index in [-0.39, 0.29) is 28.5 Å². The Morgan fingerprint density at radius 1 is 1.08 bits per heavy atom. The van der Waals surface area contributed by atoms with Crippen molar-refractivity contribution in [2.24, 2.45) is 22.7 Å². The summed E-state index contributed by atoms with van der Waals surface area (Å²) in [6, 6.07) is 15.1. The summed E-state index contributed by atoms with van der Waals surface area (Å²) in [5.74, 6) is 2.41. The highest BCUT2D eigenvalue weighted by molar-refractivity contribution is 5.62. The maximum Gasteiger partial charge on any atom is 0.165 e. The van der Waals surface area contributed by atoms with Crippen LogP contribution in [0, 0.1) is 22.7 Å². The average molecular weight is 516 g/mol. The smallest absolute Gasteiger partial charge is 0.165 e.